The molecule has 0 aromatic rings. The first-order valence-corrected chi connectivity index (χ1v) is 8.26. The number of piperidine rings is 1. The molecule has 1 saturated carbocycles. The summed E-state index contributed by atoms with van der Waals surface area (Å²) in [6.07, 6.45) is 10.6. The summed E-state index contributed by atoms with van der Waals surface area (Å²) in [5.74, 6) is 1.31. The molecule has 0 amide bonds. The molecule has 0 spiro atoms. The molecule has 1 aliphatic heterocycles. The van der Waals surface area contributed by atoms with Gasteiger partial charge in [0.2, 0.25) is 0 Å². The SMILES string of the molecule is CC(C)(CCCN1CCC[C@H]2CCCC[C@H]21)C(N)=NO. The molecule has 1 aliphatic carbocycles. The van der Waals surface area contributed by atoms with Gasteiger partial charge in [0.1, 0.15) is 5.84 Å². The lowest BCUT2D eigenvalue weighted by molar-refractivity contribution is 0.0583. The van der Waals surface area contributed by atoms with E-state index in [1.165, 1.54) is 51.6 Å². The van der Waals surface area contributed by atoms with Crippen molar-refractivity contribution in [1.82, 2.24) is 4.90 Å². The van der Waals surface area contributed by atoms with Crippen LogP contribution in [0.15, 0.2) is 5.16 Å². The van der Waals surface area contributed by atoms with Crippen LogP contribution in [0, 0.1) is 11.3 Å². The van der Waals surface area contributed by atoms with Crippen molar-refractivity contribution in [3.05, 3.63) is 0 Å². The molecule has 0 aromatic carbocycles. The van der Waals surface area contributed by atoms with Crippen molar-refractivity contribution in [3.8, 4) is 0 Å². The van der Waals surface area contributed by atoms with E-state index in [0.29, 0.717) is 5.84 Å². The van der Waals surface area contributed by atoms with Gasteiger partial charge in [-0.2, -0.15) is 0 Å². The molecule has 2 fully saturated rings. The van der Waals surface area contributed by atoms with E-state index >= 15 is 0 Å². The molecular weight excluding hydrogens is 250 g/mol. The highest BCUT2D eigenvalue weighted by Gasteiger charge is 2.33. The summed E-state index contributed by atoms with van der Waals surface area (Å²) in [5, 5.41) is 12.0. The Hall–Kier alpha value is -0.770. The lowest BCUT2D eigenvalue weighted by Gasteiger charge is -2.44. The Kier molecular flexibility index (Phi) is 5.30. The Balaban J connectivity index is 1.81. The lowest BCUT2D eigenvalue weighted by Crippen LogP contribution is -2.47. The summed E-state index contributed by atoms with van der Waals surface area (Å²) in [7, 11) is 0. The van der Waals surface area contributed by atoms with Crippen LogP contribution in [-0.2, 0) is 0 Å². The van der Waals surface area contributed by atoms with Crippen molar-refractivity contribution < 1.29 is 5.21 Å². The molecule has 3 N–H and O–H groups in total. The number of likely N-dealkylation sites (tertiary alicyclic amines) is 1. The summed E-state index contributed by atoms with van der Waals surface area (Å²) < 4.78 is 0. The Morgan fingerprint density at radius 1 is 1.25 bits per heavy atom. The quantitative estimate of drug-likeness (QED) is 0.352. The predicted octanol–water partition coefficient (Wildman–Crippen LogP) is 3.19. The van der Waals surface area contributed by atoms with Gasteiger partial charge in [0.05, 0.1) is 0 Å². The van der Waals surface area contributed by atoms with Gasteiger partial charge < -0.3 is 15.8 Å². The van der Waals surface area contributed by atoms with Crippen LogP contribution < -0.4 is 5.73 Å². The van der Waals surface area contributed by atoms with Gasteiger partial charge in [0.25, 0.3) is 0 Å². The topological polar surface area (TPSA) is 61.8 Å². The maximum absolute atomic E-state index is 8.83. The molecule has 0 aromatic heterocycles. The van der Waals surface area contributed by atoms with E-state index in [0.717, 1.165) is 24.8 Å². The third-order valence-electron chi connectivity index (χ3n) is 5.41. The van der Waals surface area contributed by atoms with E-state index in [1.807, 2.05) is 0 Å². The Morgan fingerprint density at radius 3 is 2.70 bits per heavy atom. The average Bonchev–Trinajstić information content (AvgIpc) is 2.46. The maximum atomic E-state index is 8.83. The molecule has 2 aliphatic rings. The normalized spacial score (nSPS) is 29.2. The van der Waals surface area contributed by atoms with Crippen molar-refractivity contribution in [2.24, 2.45) is 22.2 Å². The first kappa shape index (κ1) is 15.6. The molecule has 1 saturated heterocycles. The van der Waals surface area contributed by atoms with Crippen LogP contribution in [0.2, 0.25) is 0 Å². The fourth-order valence-electron chi connectivity index (χ4n) is 3.99. The van der Waals surface area contributed by atoms with Crippen molar-refractivity contribution in [1.29, 1.82) is 0 Å². The van der Waals surface area contributed by atoms with Crippen molar-refractivity contribution in [3.63, 3.8) is 0 Å². The summed E-state index contributed by atoms with van der Waals surface area (Å²) >= 11 is 0. The van der Waals surface area contributed by atoms with Gasteiger partial charge in [-0.25, -0.2) is 0 Å². The zero-order valence-corrected chi connectivity index (χ0v) is 13.1. The first-order valence-electron chi connectivity index (χ1n) is 8.26. The zero-order chi connectivity index (χ0) is 14.6. The van der Waals surface area contributed by atoms with Gasteiger partial charge in [-0.1, -0.05) is 31.8 Å². The monoisotopic (exact) mass is 281 g/mol. The average molecular weight is 281 g/mol. The Bertz CT molecular complexity index is 339. The van der Waals surface area contributed by atoms with E-state index in [1.54, 1.807) is 0 Å². The minimum Gasteiger partial charge on any atom is -0.409 e. The summed E-state index contributed by atoms with van der Waals surface area (Å²) in [5.41, 5.74) is 5.56. The van der Waals surface area contributed by atoms with Crippen molar-refractivity contribution >= 4 is 5.84 Å². The van der Waals surface area contributed by atoms with Gasteiger partial charge in [0, 0.05) is 11.5 Å². The molecule has 20 heavy (non-hydrogen) atoms. The molecule has 0 radical (unpaired) electrons. The molecule has 0 unspecified atom stereocenters. The van der Waals surface area contributed by atoms with E-state index < -0.39 is 0 Å². The summed E-state index contributed by atoms with van der Waals surface area (Å²) in [6.45, 7) is 6.55. The fourth-order valence-corrected chi connectivity index (χ4v) is 3.99. The number of hydrogen-bond acceptors (Lipinski definition) is 3. The van der Waals surface area contributed by atoms with Crippen molar-refractivity contribution in [2.45, 2.75) is 71.3 Å². The van der Waals surface area contributed by atoms with E-state index in [4.69, 9.17) is 10.9 Å². The second-order valence-electron chi connectivity index (χ2n) is 7.26. The lowest BCUT2D eigenvalue weighted by atomic mass is 9.78. The minimum absolute atomic E-state index is 0.198. The van der Waals surface area contributed by atoms with Crippen LogP contribution in [0.4, 0.5) is 0 Å². The molecule has 0 bridgehead atoms. The predicted molar refractivity (Wildman–Crippen MR) is 83.0 cm³/mol. The third-order valence-corrected chi connectivity index (χ3v) is 5.41. The van der Waals surface area contributed by atoms with Crippen LogP contribution in [0.1, 0.15) is 65.2 Å². The molecule has 2 rings (SSSR count). The van der Waals surface area contributed by atoms with Gasteiger partial charge >= 0.3 is 0 Å². The molecule has 4 heteroatoms. The molecule has 2 atom stereocenters. The van der Waals surface area contributed by atoms with Crippen LogP contribution in [0.5, 0.6) is 0 Å². The van der Waals surface area contributed by atoms with Gasteiger partial charge in [-0.3, -0.25) is 0 Å². The van der Waals surface area contributed by atoms with Crippen LogP contribution >= 0.6 is 0 Å². The van der Waals surface area contributed by atoms with Gasteiger partial charge in [-0.15, -0.1) is 0 Å². The standard InChI is InChI=1S/C16H31N3O/c1-16(2,15(17)18-20)10-6-12-19-11-5-8-13-7-3-4-9-14(13)19/h13-14,20H,3-12H2,1-2H3,(H2,17,18)/t13-,14-/m1/s1. The highest BCUT2D eigenvalue weighted by atomic mass is 16.4. The molecule has 116 valence electrons. The number of fused-ring (bicyclic) bond motifs is 1. The Labute approximate surface area is 123 Å². The number of oxime groups is 1. The maximum Gasteiger partial charge on any atom is 0.144 e. The zero-order valence-electron chi connectivity index (χ0n) is 13.1. The van der Waals surface area contributed by atoms with Crippen LogP contribution in [-0.4, -0.2) is 35.1 Å². The highest BCUT2D eigenvalue weighted by Crippen LogP contribution is 2.35. The molecule has 4 nitrogen and oxygen atoms in total. The smallest absolute Gasteiger partial charge is 0.144 e. The number of rotatable bonds is 5. The van der Waals surface area contributed by atoms with Crippen molar-refractivity contribution in [2.75, 3.05) is 13.1 Å². The molecule has 1 heterocycles. The minimum atomic E-state index is -0.198. The van der Waals surface area contributed by atoms with Crippen LogP contribution in [0.3, 0.4) is 0 Å². The number of amidine groups is 1. The largest absolute Gasteiger partial charge is 0.409 e. The Morgan fingerprint density at radius 2 is 1.95 bits per heavy atom. The van der Waals surface area contributed by atoms with E-state index in [9.17, 15) is 0 Å². The first-order chi connectivity index (χ1) is 9.54. The van der Waals surface area contributed by atoms with Gasteiger partial charge in [0.15, 0.2) is 0 Å². The summed E-state index contributed by atoms with van der Waals surface area (Å²) in [6, 6.07) is 0.837. The number of nitrogens with zero attached hydrogens (tertiary/aromatic N) is 2. The van der Waals surface area contributed by atoms with Gasteiger partial charge in [-0.05, 0) is 57.5 Å². The van der Waals surface area contributed by atoms with E-state index in [2.05, 4.69) is 23.9 Å². The second-order valence-corrected chi connectivity index (χ2v) is 7.26. The molecular formula is C16H31N3O. The highest BCUT2D eigenvalue weighted by molar-refractivity contribution is 5.85. The second kappa shape index (κ2) is 6.79. The van der Waals surface area contributed by atoms with Crippen LogP contribution in [0.25, 0.3) is 0 Å². The fraction of sp³-hybridized carbons (Fsp3) is 0.938. The number of hydrogen-bond donors (Lipinski definition) is 2. The number of nitrogens with two attached hydrogens (primary N) is 1. The third kappa shape index (κ3) is 3.66. The van der Waals surface area contributed by atoms with E-state index in [-0.39, 0.29) is 5.41 Å². The summed E-state index contributed by atoms with van der Waals surface area (Å²) in [4.78, 5) is 2.72.